The van der Waals surface area contributed by atoms with E-state index in [9.17, 15) is 0 Å². The van der Waals surface area contributed by atoms with Crippen molar-refractivity contribution in [2.75, 3.05) is 13.1 Å². The molecule has 21 heavy (non-hydrogen) atoms. The van der Waals surface area contributed by atoms with Crippen LogP contribution in [0.25, 0.3) is 0 Å². The Morgan fingerprint density at radius 2 is 2.00 bits per heavy atom. The van der Waals surface area contributed by atoms with E-state index in [1.807, 2.05) is 0 Å². The number of piperazine rings is 1. The van der Waals surface area contributed by atoms with Crippen LogP contribution in [0.1, 0.15) is 52.0 Å². The Labute approximate surface area is 129 Å². The average molecular weight is 286 g/mol. The van der Waals surface area contributed by atoms with Gasteiger partial charge in [-0.3, -0.25) is 4.90 Å². The van der Waals surface area contributed by atoms with Crippen molar-refractivity contribution >= 4 is 0 Å². The van der Waals surface area contributed by atoms with Crippen LogP contribution >= 0.6 is 0 Å². The lowest BCUT2D eigenvalue weighted by atomic mass is 9.77. The second kappa shape index (κ2) is 6.10. The number of nitrogens with one attached hydrogen (secondary N) is 1. The van der Waals surface area contributed by atoms with Crippen molar-refractivity contribution in [3.8, 4) is 0 Å². The van der Waals surface area contributed by atoms with Crippen molar-refractivity contribution in [3.05, 3.63) is 35.9 Å². The third kappa shape index (κ3) is 2.89. The fraction of sp³-hybridized carbons (Fsp3) is 0.684. The molecule has 1 N–H and O–H groups in total. The summed E-state index contributed by atoms with van der Waals surface area (Å²) in [7, 11) is 0. The first-order valence-electron chi connectivity index (χ1n) is 8.70. The van der Waals surface area contributed by atoms with Crippen LogP contribution in [-0.2, 0) is 5.54 Å². The van der Waals surface area contributed by atoms with Crippen LogP contribution < -0.4 is 5.32 Å². The molecule has 2 fully saturated rings. The van der Waals surface area contributed by atoms with Gasteiger partial charge in [0.05, 0.1) is 5.54 Å². The summed E-state index contributed by atoms with van der Waals surface area (Å²) in [6.07, 6.45) is 5.55. The zero-order valence-electron chi connectivity index (χ0n) is 13.8. The van der Waals surface area contributed by atoms with Crippen LogP contribution in [0.4, 0.5) is 0 Å². The Morgan fingerprint density at radius 1 is 1.29 bits per heavy atom. The van der Waals surface area contributed by atoms with Gasteiger partial charge in [-0.1, -0.05) is 43.7 Å². The number of hydrogen-bond acceptors (Lipinski definition) is 2. The van der Waals surface area contributed by atoms with Crippen molar-refractivity contribution in [1.29, 1.82) is 0 Å². The number of hydrogen-bond donors (Lipinski definition) is 1. The molecule has 1 aliphatic carbocycles. The first kappa shape index (κ1) is 15.1. The van der Waals surface area contributed by atoms with E-state index in [4.69, 9.17) is 0 Å². The van der Waals surface area contributed by atoms with Crippen LogP contribution in [0.3, 0.4) is 0 Å². The van der Waals surface area contributed by atoms with Crippen molar-refractivity contribution in [1.82, 2.24) is 10.2 Å². The summed E-state index contributed by atoms with van der Waals surface area (Å²) in [5, 5.41) is 3.83. The highest BCUT2D eigenvalue weighted by molar-refractivity contribution is 5.25. The molecule has 1 saturated carbocycles. The quantitative estimate of drug-likeness (QED) is 0.906. The summed E-state index contributed by atoms with van der Waals surface area (Å²) in [5.74, 6) is 0.928. The third-order valence-electron chi connectivity index (χ3n) is 5.93. The molecule has 0 radical (unpaired) electrons. The molecule has 0 bridgehead atoms. The molecule has 3 atom stereocenters. The van der Waals surface area contributed by atoms with Crippen molar-refractivity contribution in [2.45, 2.75) is 64.1 Å². The molecule has 1 heterocycles. The molecule has 3 unspecified atom stereocenters. The lowest BCUT2D eigenvalue weighted by molar-refractivity contribution is 0.0102. The van der Waals surface area contributed by atoms with E-state index in [1.54, 1.807) is 0 Å². The highest BCUT2D eigenvalue weighted by Crippen LogP contribution is 2.36. The predicted octanol–water partition coefficient (Wildman–Crippen LogP) is 3.77. The fourth-order valence-electron chi connectivity index (χ4n) is 4.06. The normalized spacial score (nSPS) is 32.6. The highest BCUT2D eigenvalue weighted by atomic mass is 15.3. The zero-order valence-corrected chi connectivity index (χ0v) is 13.8. The van der Waals surface area contributed by atoms with Gasteiger partial charge in [-0.25, -0.2) is 0 Å². The maximum Gasteiger partial charge on any atom is 0.0535 e. The SMILES string of the molecule is CCC1CNC(C)(c2ccccc2)CN1C(C)C1CCC1. The molecule has 1 aromatic carbocycles. The molecule has 0 spiro atoms. The third-order valence-corrected chi connectivity index (χ3v) is 5.93. The Kier molecular flexibility index (Phi) is 4.37. The Balaban J connectivity index is 1.80. The van der Waals surface area contributed by atoms with Gasteiger partial charge in [0.25, 0.3) is 0 Å². The molecule has 1 saturated heterocycles. The Hall–Kier alpha value is -0.860. The summed E-state index contributed by atoms with van der Waals surface area (Å²) >= 11 is 0. The minimum Gasteiger partial charge on any atom is -0.305 e. The molecule has 2 nitrogen and oxygen atoms in total. The summed E-state index contributed by atoms with van der Waals surface area (Å²) in [4.78, 5) is 2.80. The van der Waals surface area contributed by atoms with Crippen LogP contribution in [0.15, 0.2) is 30.3 Å². The van der Waals surface area contributed by atoms with E-state index >= 15 is 0 Å². The van der Waals surface area contributed by atoms with E-state index < -0.39 is 0 Å². The maximum atomic E-state index is 3.83. The summed E-state index contributed by atoms with van der Waals surface area (Å²) in [5.41, 5.74) is 1.51. The monoisotopic (exact) mass is 286 g/mol. The lowest BCUT2D eigenvalue weighted by Gasteiger charge is -2.51. The van der Waals surface area contributed by atoms with Gasteiger partial charge in [-0.2, -0.15) is 0 Å². The molecule has 0 amide bonds. The van der Waals surface area contributed by atoms with Crippen LogP contribution in [-0.4, -0.2) is 30.1 Å². The van der Waals surface area contributed by atoms with Gasteiger partial charge in [0.15, 0.2) is 0 Å². The van der Waals surface area contributed by atoms with Gasteiger partial charge in [-0.05, 0) is 44.6 Å². The number of nitrogens with zero attached hydrogens (tertiary/aromatic N) is 1. The molecule has 2 aliphatic rings. The smallest absolute Gasteiger partial charge is 0.0535 e. The fourth-order valence-corrected chi connectivity index (χ4v) is 4.06. The molecule has 2 heteroatoms. The van der Waals surface area contributed by atoms with Gasteiger partial charge >= 0.3 is 0 Å². The molecule has 1 aromatic rings. The van der Waals surface area contributed by atoms with E-state index in [0.29, 0.717) is 6.04 Å². The molecule has 0 aromatic heterocycles. The first-order valence-corrected chi connectivity index (χ1v) is 8.70. The summed E-state index contributed by atoms with van der Waals surface area (Å²) in [6, 6.07) is 12.4. The second-order valence-electron chi connectivity index (χ2n) is 7.25. The molecular formula is C19H30N2. The molecule has 3 rings (SSSR count). The Morgan fingerprint density at radius 3 is 2.57 bits per heavy atom. The first-order chi connectivity index (χ1) is 10.1. The minimum absolute atomic E-state index is 0.0882. The van der Waals surface area contributed by atoms with Gasteiger partial charge in [0.2, 0.25) is 0 Å². The second-order valence-corrected chi connectivity index (χ2v) is 7.25. The van der Waals surface area contributed by atoms with Crippen molar-refractivity contribution in [3.63, 3.8) is 0 Å². The van der Waals surface area contributed by atoms with Gasteiger partial charge in [0.1, 0.15) is 0 Å². The Bertz CT molecular complexity index is 454. The molecule has 1 aliphatic heterocycles. The van der Waals surface area contributed by atoms with E-state index in [-0.39, 0.29) is 5.54 Å². The van der Waals surface area contributed by atoms with Crippen LogP contribution in [0.2, 0.25) is 0 Å². The number of benzene rings is 1. The predicted molar refractivity (Wildman–Crippen MR) is 89.4 cm³/mol. The van der Waals surface area contributed by atoms with E-state index in [0.717, 1.165) is 25.0 Å². The minimum atomic E-state index is 0.0882. The largest absolute Gasteiger partial charge is 0.305 e. The maximum absolute atomic E-state index is 3.83. The molecular weight excluding hydrogens is 256 g/mol. The topological polar surface area (TPSA) is 15.3 Å². The van der Waals surface area contributed by atoms with E-state index in [1.165, 1.54) is 31.2 Å². The standard InChI is InChI=1S/C19H30N2/c1-4-18-13-20-19(3,17-11-6-5-7-12-17)14-21(18)15(2)16-9-8-10-16/h5-7,11-12,15-16,18,20H,4,8-10,13-14H2,1-3H3. The lowest BCUT2D eigenvalue weighted by Crippen LogP contribution is -2.64. The summed E-state index contributed by atoms with van der Waals surface area (Å²) in [6.45, 7) is 9.40. The van der Waals surface area contributed by atoms with Gasteiger partial charge < -0.3 is 5.32 Å². The van der Waals surface area contributed by atoms with Crippen molar-refractivity contribution < 1.29 is 0 Å². The van der Waals surface area contributed by atoms with Gasteiger partial charge in [-0.15, -0.1) is 0 Å². The summed E-state index contributed by atoms with van der Waals surface area (Å²) < 4.78 is 0. The van der Waals surface area contributed by atoms with Crippen LogP contribution in [0.5, 0.6) is 0 Å². The number of rotatable bonds is 4. The molecule has 116 valence electrons. The average Bonchev–Trinajstić information content (AvgIpc) is 2.46. The highest BCUT2D eigenvalue weighted by Gasteiger charge is 2.40. The van der Waals surface area contributed by atoms with E-state index in [2.05, 4.69) is 61.3 Å². The zero-order chi connectivity index (χ0) is 14.9. The van der Waals surface area contributed by atoms with Crippen molar-refractivity contribution in [2.24, 2.45) is 5.92 Å². The van der Waals surface area contributed by atoms with Gasteiger partial charge in [0, 0.05) is 25.2 Å². The van der Waals surface area contributed by atoms with Crippen LogP contribution in [0, 0.1) is 5.92 Å².